The number of aromatic nitrogens is 4. The van der Waals surface area contributed by atoms with Gasteiger partial charge in [-0.15, -0.1) is 0 Å². The summed E-state index contributed by atoms with van der Waals surface area (Å²) in [6.07, 6.45) is 7.26. The number of methoxy groups -OCH3 is 1. The number of amides is 1. The first-order chi connectivity index (χ1) is 10.2. The molecule has 0 spiro atoms. The SMILES string of the molecule is CO[C@@H]1CC(c2ncc[nH]2)N(C(=O)c2cnc(C)cn2)C1. The number of hydrogen-bond donors (Lipinski definition) is 1. The van der Waals surface area contributed by atoms with E-state index in [0.29, 0.717) is 12.2 Å². The second kappa shape index (κ2) is 5.61. The van der Waals surface area contributed by atoms with Gasteiger partial charge < -0.3 is 14.6 Å². The summed E-state index contributed by atoms with van der Waals surface area (Å²) in [7, 11) is 1.66. The smallest absolute Gasteiger partial charge is 0.274 e. The van der Waals surface area contributed by atoms with Crippen LogP contribution in [0.25, 0.3) is 0 Å². The van der Waals surface area contributed by atoms with E-state index in [9.17, 15) is 4.79 Å². The molecule has 0 saturated carbocycles. The lowest BCUT2D eigenvalue weighted by molar-refractivity contribution is 0.0678. The van der Waals surface area contributed by atoms with Crippen LogP contribution in [-0.4, -0.2) is 50.5 Å². The monoisotopic (exact) mass is 287 g/mol. The molecule has 2 atom stereocenters. The summed E-state index contributed by atoms with van der Waals surface area (Å²) in [5.74, 6) is 0.617. The summed E-state index contributed by atoms with van der Waals surface area (Å²) in [5.41, 5.74) is 1.12. The number of hydrogen-bond acceptors (Lipinski definition) is 5. The summed E-state index contributed by atoms with van der Waals surface area (Å²) < 4.78 is 5.40. The Hall–Kier alpha value is -2.28. The lowest BCUT2D eigenvalue weighted by Crippen LogP contribution is -2.33. The van der Waals surface area contributed by atoms with Gasteiger partial charge in [0.15, 0.2) is 0 Å². The number of ether oxygens (including phenoxy) is 1. The van der Waals surface area contributed by atoms with Crippen LogP contribution in [0.4, 0.5) is 0 Å². The average molecular weight is 287 g/mol. The molecule has 7 heteroatoms. The zero-order valence-corrected chi connectivity index (χ0v) is 12.0. The molecule has 0 aliphatic carbocycles. The molecule has 1 unspecified atom stereocenters. The molecule has 21 heavy (non-hydrogen) atoms. The molecule has 1 N–H and O–H groups in total. The number of rotatable bonds is 3. The third-order valence-corrected chi connectivity index (χ3v) is 3.69. The summed E-state index contributed by atoms with van der Waals surface area (Å²) in [4.78, 5) is 30.0. The van der Waals surface area contributed by atoms with Crippen LogP contribution in [0.3, 0.4) is 0 Å². The van der Waals surface area contributed by atoms with Crippen molar-refractivity contribution in [3.63, 3.8) is 0 Å². The fraction of sp³-hybridized carbons (Fsp3) is 0.429. The first-order valence-corrected chi connectivity index (χ1v) is 6.80. The van der Waals surface area contributed by atoms with Crippen LogP contribution in [0, 0.1) is 6.92 Å². The Kier molecular flexibility index (Phi) is 3.66. The summed E-state index contributed by atoms with van der Waals surface area (Å²) >= 11 is 0. The van der Waals surface area contributed by atoms with Crippen LogP contribution in [0.15, 0.2) is 24.8 Å². The first kappa shape index (κ1) is 13.7. The molecule has 1 amide bonds. The predicted molar refractivity (Wildman–Crippen MR) is 74.5 cm³/mol. The van der Waals surface area contributed by atoms with E-state index in [-0.39, 0.29) is 18.1 Å². The van der Waals surface area contributed by atoms with Gasteiger partial charge in [-0.2, -0.15) is 0 Å². The number of likely N-dealkylation sites (tertiary alicyclic amines) is 1. The van der Waals surface area contributed by atoms with E-state index in [1.165, 1.54) is 6.20 Å². The summed E-state index contributed by atoms with van der Waals surface area (Å²) in [5, 5.41) is 0. The quantitative estimate of drug-likeness (QED) is 0.914. The third kappa shape index (κ3) is 2.64. The van der Waals surface area contributed by atoms with E-state index < -0.39 is 0 Å². The Labute approximate surface area is 122 Å². The third-order valence-electron chi connectivity index (χ3n) is 3.69. The molecule has 2 aromatic rings. The summed E-state index contributed by atoms with van der Waals surface area (Å²) in [6.45, 7) is 2.36. The highest BCUT2D eigenvalue weighted by Gasteiger charge is 2.38. The molecule has 1 saturated heterocycles. The maximum atomic E-state index is 12.7. The number of H-pyrrole nitrogens is 1. The predicted octanol–water partition coefficient (Wildman–Crippen LogP) is 1.11. The van der Waals surface area contributed by atoms with Gasteiger partial charge in [-0.3, -0.25) is 9.78 Å². The Balaban J connectivity index is 1.87. The van der Waals surface area contributed by atoms with E-state index >= 15 is 0 Å². The number of nitrogens with zero attached hydrogens (tertiary/aromatic N) is 4. The Morgan fingerprint density at radius 1 is 1.38 bits per heavy atom. The molecule has 1 aliphatic heterocycles. The minimum atomic E-state index is -0.150. The molecule has 110 valence electrons. The number of nitrogens with one attached hydrogen (secondary N) is 1. The number of carbonyl (C=O) groups excluding carboxylic acids is 1. The van der Waals surface area contributed by atoms with Crippen LogP contribution in [0.1, 0.15) is 34.5 Å². The van der Waals surface area contributed by atoms with Crippen LogP contribution >= 0.6 is 0 Å². The fourth-order valence-corrected chi connectivity index (χ4v) is 2.56. The second-order valence-electron chi connectivity index (χ2n) is 5.08. The number of carbonyl (C=O) groups is 1. The normalized spacial score (nSPS) is 21.7. The molecule has 7 nitrogen and oxygen atoms in total. The van der Waals surface area contributed by atoms with E-state index in [1.807, 2.05) is 6.92 Å². The van der Waals surface area contributed by atoms with E-state index in [2.05, 4.69) is 19.9 Å². The van der Waals surface area contributed by atoms with Gasteiger partial charge in [-0.05, 0) is 6.92 Å². The fourth-order valence-electron chi connectivity index (χ4n) is 2.56. The van der Waals surface area contributed by atoms with Gasteiger partial charge in [0.05, 0.1) is 24.0 Å². The first-order valence-electron chi connectivity index (χ1n) is 6.80. The van der Waals surface area contributed by atoms with Gasteiger partial charge in [0.25, 0.3) is 5.91 Å². The van der Waals surface area contributed by atoms with Crippen LogP contribution in [0.2, 0.25) is 0 Å². The number of imidazole rings is 1. The van der Waals surface area contributed by atoms with Crippen molar-refractivity contribution >= 4 is 5.91 Å². The van der Waals surface area contributed by atoms with Gasteiger partial charge in [-0.1, -0.05) is 0 Å². The Bertz CT molecular complexity index is 611. The van der Waals surface area contributed by atoms with Crippen molar-refractivity contribution in [1.29, 1.82) is 0 Å². The van der Waals surface area contributed by atoms with Gasteiger partial charge in [-0.25, -0.2) is 9.97 Å². The van der Waals surface area contributed by atoms with Crippen molar-refractivity contribution in [2.45, 2.75) is 25.5 Å². The van der Waals surface area contributed by atoms with Crippen molar-refractivity contribution < 1.29 is 9.53 Å². The van der Waals surface area contributed by atoms with E-state index in [4.69, 9.17) is 4.74 Å². The second-order valence-corrected chi connectivity index (χ2v) is 5.08. The largest absolute Gasteiger partial charge is 0.380 e. The average Bonchev–Trinajstić information content (AvgIpc) is 3.16. The molecule has 0 bridgehead atoms. The molecule has 3 rings (SSSR count). The van der Waals surface area contributed by atoms with Gasteiger partial charge in [0, 0.05) is 38.7 Å². The Morgan fingerprint density at radius 2 is 2.24 bits per heavy atom. The zero-order valence-electron chi connectivity index (χ0n) is 12.0. The number of aryl methyl sites for hydroxylation is 1. The maximum absolute atomic E-state index is 12.7. The lowest BCUT2D eigenvalue weighted by atomic mass is 10.2. The summed E-state index contributed by atoms with van der Waals surface area (Å²) in [6, 6.07) is -0.124. The molecule has 1 fully saturated rings. The maximum Gasteiger partial charge on any atom is 0.274 e. The molecular formula is C14H17N5O2. The molecule has 0 aromatic carbocycles. The van der Waals surface area contributed by atoms with Crippen LogP contribution in [-0.2, 0) is 4.74 Å². The molecule has 2 aromatic heterocycles. The van der Waals surface area contributed by atoms with Crippen molar-refractivity contribution in [2.24, 2.45) is 0 Å². The highest BCUT2D eigenvalue weighted by Crippen LogP contribution is 2.32. The van der Waals surface area contributed by atoms with Crippen molar-refractivity contribution in [1.82, 2.24) is 24.8 Å². The van der Waals surface area contributed by atoms with E-state index in [0.717, 1.165) is 17.9 Å². The van der Waals surface area contributed by atoms with Gasteiger partial charge in [0.1, 0.15) is 11.5 Å². The zero-order chi connectivity index (χ0) is 14.8. The highest BCUT2D eigenvalue weighted by molar-refractivity contribution is 5.92. The van der Waals surface area contributed by atoms with Crippen LogP contribution < -0.4 is 0 Å². The minimum absolute atomic E-state index is 0.00228. The molecule has 1 aliphatic rings. The van der Waals surface area contributed by atoms with Crippen molar-refractivity contribution in [3.05, 3.63) is 42.0 Å². The Morgan fingerprint density at radius 3 is 2.86 bits per heavy atom. The lowest BCUT2D eigenvalue weighted by Gasteiger charge is -2.22. The molecule has 3 heterocycles. The highest BCUT2D eigenvalue weighted by atomic mass is 16.5. The topological polar surface area (TPSA) is 84.0 Å². The van der Waals surface area contributed by atoms with Crippen molar-refractivity contribution in [3.8, 4) is 0 Å². The minimum Gasteiger partial charge on any atom is -0.380 e. The van der Waals surface area contributed by atoms with Crippen LogP contribution in [0.5, 0.6) is 0 Å². The molecular weight excluding hydrogens is 270 g/mol. The number of aromatic amines is 1. The van der Waals surface area contributed by atoms with Crippen molar-refractivity contribution in [2.75, 3.05) is 13.7 Å². The van der Waals surface area contributed by atoms with Gasteiger partial charge >= 0.3 is 0 Å². The standard InChI is InChI=1S/C14H17N5O2/c1-9-6-18-11(7-17-9)14(20)19-8-10(21-2)5-12(19)13-15-3-4-16-13/h3-4,6-7,10,12H,5,8H2,1-2H3,(H,15,16)/t10-,12?/m1/s1. The van der Waals surface area contributed by atoms with E-state index in [1.54, 1.807) is 30.6 Å². The van der Waals surface area contributed by atoms with Gasteiger partial charge in [0.2, 0.25) is 0 Å². The molecule has 0 radical (unpaired) electrons.